The van der Waals surface area contributed by atoms with Gasteiger partial charge in [0.15, 0.2) is 5.69 Å². The van der Waals surface area contributed by atoms with Gasteiger partial charge in [-0.25, -0.2) is 0 Å². The van der Waals surface area contributed by atoms with E-state index in [1.807, 2.05) is 64.3 Å². The van der Waals surface area contributed by atoms with E-state index in [0.29, 0.717) is 5.69 Å². The minimum atomic E-state index is -0.190. The summed E-state index contributed by atoms with van der Waals surface area (Å²) in [4.78, 5) is 12.5. The van der Waals surface area contributed by atoms with E-state index in [9.17, 15) is 4.79 Å². The lowest BCUT2D eigenvalue weighted by Gasteiger charge is -2.27. The molecule has 0 aliphatic heterocycles. The minimum absolute atomic E-state index is 0.0999. The first-order valence-corrected chi connectivity index (χ1v) is 7.02. The van der Waals surface area contributed by atoms with Gasteiger partial charge in [0.2, 0.25) is 0 Å². The van der Waals surface area contributed by atoms with Crippen LogP contribution in [0.5, 0.6) is 0 Å². The van der Waals surface area contributed by atoms with Crippen molar-refractivity contribution in [2.45, 2.75) is 26.8 Å². The van der Waals surface area contributed by atoms with E-state index in [1.165, 1.54) is 0 Å². The van der Waals surface area contributed by atoms with E-state index < -0.39 is 0 Å². The number of rotatable bonds is 3. The Morgan fingerprint density at radius 1 is 1.29 bits per heavy atom. The van der Waals surface area contributed by atoms with Crippen molar-refractivity contribution in [3.63, 3.8) is 0 Å². The normalized spacial score (nSPS) is 13.0. The summed E-state index contributed by atoms with van der Waals surface area (Å²) in [6.07, 6.45) is 1.86. The molecule has 1 aromatic heterocycles. The lowest BCUT2D eigenvalue weighted by Crippen LogP contribution is -2.42. The van der Waals surface area contributed by atoms with E-state index in [2.05, 4.69) is 17.3 Å². The maximum absolute atomic E-state index is 12.5. The fraction of sp³-hybridized carbons (Fsp3) is 0.353. The van der Waals surface area contributed by atoms with Crippen LogP contribution < -0.4 is 5.32 Å². The Balaban J connectivity index is 2.31. The first-order valence-electron chi connectivity index (χ1n) is 7.02. The van der Waals surface area contributed by atoms with Crippen LogP contribution in [-0.4, -0.2) is 21.7 Å². The average Bonchev–Trinajstić information content (AvgIpc) is 2.81. The predicted molar refractivity (Wildman–Crippen MR) is 84.7 cm³/mol. The molecule has 0 aliphatic carbocycles. The lowest BCUT2D eigenvalue weighted by molar-refractivity contribution is 0.0914. The number of nitrogens with zero attached hydrogens (tertiary/aromatic N) is 2. The summed E-state index contributed by atoms with van der Waals surface area (Å²) in [7, 11) is 1.81. The second kappa shape index (κ2) is 5.72. The van der Waals surface area contributed by atoms with Gasteiger partial charge in [-0.3, -0.25) is 9.48 Å². The third-order valence-electron chi connectivity index (χ3n) is 3.48. The highest BCUT2D eigenvalue weighted by atomic mass is 16.2. The van der Waals surface area contributed by atoms with Gasteiger partial charge in [0, 0.05) is 24.8 Å². The van der Waals surface area contributed by atoms with Gasteiger partial charge in [-0.2, -0.15) is 5.10 Å². The second-order valence-electron chi connectivity index (χ2n) is 6.32. The summed E-state index contributed by atoms with van der Waals surface area (Å²) in [6.45, 7) is 10.1. The van der Waals surface area contributed by atoms with Gasteiger partial charge in [0.25, 0.3) is 5.91 Å². The van der Waals surface area contributed by atoms with Crippen LogP contribution in [0, 0.1) is 12.3 Å². The largest absolute Gasteiger partial charge is 0.347 e. The molecule has 1 heterocycles. The van der Waals surface area contributed by atoms with Gasteiger partial charge in [-0.1, -0.05) is 51.1 Å². The molecule has 0 fully saturated rings. The number of amides is 1. The molecule has 1 radical (unpaired) electrons. The SMILES string of the molecule is [CH2]C(NC(=O)c1nn(C)cc1-c1ccccc1)C(C)(C)C. The smallest absolute Gasteiger partial charge is 0.272 e. The standard InChI is InChI=1S/C17H22N3O/c1-12(17(2,3)4)18-16(21)15-14(11-20(5)19-15)13-9-7-6-8-10-13/h6-12H,1H2,2-5H3,(H,18,21). The summed E-state index contributed by atoms with van der Waals surface area (Å²) < 4.78 is 1.66. The maximum atomic E-state index is 12.5. The van der Waals surface area contributed by atoms with Crippen LogP contribution in [-0.2, 0) is 7.05 Å². The molecular weight excluding hydrogens is 262 g/mol. The number of aryl methyl sites for hydroxylation is 1. The molecule has 1 unspecified atom stereocenters. The van der Waals surface area contributed by atoms with Crippen LogP contribution in [0.4, 0.5) is 0 Å². The number of hydrogen-bond acceptors (Lipinski definition) is 2. The van der Waals surface area contributed by atoms with Crippen molar-refractivity contribution >= 4 is 5.91 Å². The Morgan fingerprint density at radius 2 is 1.90 bits per heavy atom. The highest BCUT2D eigenvalue weighted by Crippen LogP contribution is 2.24. The van der Waals surface area contributed by atoms with Gasteiger partial charge in [-0.05, 0) is 17.9 Å². The number of carbonyl (C=O) groups is 1. The lowest BCUT2D eigenvalue weighted by atomic mass is 9.88. The van der Waals surface area contributed by atoms with Crippen molar-refractivity contribution in [1.82, 2.24) is 15.1 Å². The van der Waals surface area contributed by atoms with Gasteiger partial charge in [-0.15, -0.1) is 0 Å². The molecular formula is C17H22N3O. The topological polar surface area (TPSA) is 46.9 Å². The molecule has 0 bridgehead atoms. The number of aromatic nitrogens is 2. The number of carbonyl (C=O) groups excluding carboxylic acids is 1. The maximum Gasteiger partial charge on any atom is 0.272 e. The summed E-state index contributed by atoms with van der Waals surface area (Å²) in [5.41, 5.74) is 2.14. The zero-order valence-corrected chi connectivity index (χ0v) is 13.1. The monoisotopic (exact) mass is 284 g/mol. The van der Waals surface area contributed by atoms with Gasteiger partial charge in [0.05, 0.1) is 0 Å². The summed E-state index contributed by atoms with van der Waals surface area (Å²) >= 11 is 0. The van der Waals surface area contributed by atoms with Crippen LogP contribution in [0.2, 0.25) is 0 Å². The fourth-order valence-electron chi connectivity index (χ4n) is 1.93. The van der Waals surface area contributed by atoms with E-state index >= 15 is 0 Å². The first kappa shape index (κ1) is 15.3. The van der Waals surface area contributed by atoms with Crippen LogP contribution >= 0.6 is 0 Å². The van der Waals surface area contributed by atoms with Gasteiger partial charge >= 0.3 is 0 Å². The van der Waals surface area contributed by atoms with E-state index in [4.69, 9.17) is 0 Å². The Kier molecular flexibility index (Phi) is 4.16. The number of hydrogen-bond donors (Lipinski definition) is 1. The molecule has 1 amide bonds. The van der Waals surface area contributed by atoms with Crippen LogP contribution in [0.3, 0.4) is 0 Å². The van der Waals surface area contributed by atoms with Crippen molar-refractivity contribution in [1.29, 1.82) is 0 Å². The molecule has 0 spiro atoms. The van der Waals surface area contributed by atoms with Crippen molar-refractivity contribution in [3.8, 4) is 11.1 Å². The molecule has 1 atom stereocenters. The minimum Gasteiger partial charge on any atom is -0.347 e. The van der Waals surface area contributed by atoms with Crippen LogP contribution in [0.1, 0.15) is 31.3 Å². The molecule has 1 aromatic carbocycles. The highest BCUT2D eigenvalue weighted by Gasteiger charge is 2.25. The second-order valence-corrected chi connectivity index (χ2v) is 6.32. The average molecular weight is 284 g/mol. The number of benzene rings is 1. The van der Waals surface area contributed by atoms with Gasteiger partial charge < -0.3 is 5.32 Å². The Labute approximate surface area is 126 Å². The number of nitrogens with one attached hydrogen (secondary N) is 1. The molecule has 0 saturated heterocycles. The summed E-state index contributed by atoms with van der Waals surface area (Å²) in [6, 6.07) is 9.60. The molecule has 111 valence electrons. The quantitative estimate of drug-likeness (QED) is 0.941. The van der Waals surface area contributed by atoms with E-state index in [0.717, 1.165) is 11.1 Å². The third kappa shape index (κ3) is 3.51. The van der Waals surface area contributed by atoms with Crippen molar-refractivity contribution in [3.05, 3.63) is 49.1 Å². The summed E-state index contributed by atoms with van der Waals surface area (Å²) in [5.74, 6) is -0.190. The van der Waals surface area contributed by atoms with Crippen molar-refractivity contribution in [2.24, 2.45) is 12.5 Å². The van der Waals surface area contributed by atoms with Crippen molar-refractivity contribution < 1.29 is 4.79 Å². The first-order chi connectivity index (χ1) is 9.79. The molecule has 2 rings (SSSR count). The van der Waals surface area contributed by atoms with Crippen LogP contribution in [0.25, 0.3) is 11.1 Å². The predicted octanol–water partition coefficient (Wildman–Crippen LogP) is 3.07. The van der Waals surface area contributed by atoms with Crippen molar-refractivity contribution in [2.75, 3.05) is 0 Å². The molecule has 4 nitrogen and oxygen atoms in total. The molecule has 2 aromatic rings. The third-order valence-corrected chi connectivity index (χ3v) is 3.48. The highest BCUT2D eigenvalue weighted by molar-refractivity contribution is 5.99. The fourth-order valence-corrected chi connectivity index (χ4v) is 1.93. The zero-order valence-electron chi connectivity index (χ0n) is 13.1. The Hall–Kier alpha value is -2.10. The van der Waals surface area contributed by atoms with Gasteiger partial charge in [0.1, 0.15) is 0 Å². The molecule has 21 heavy (non-hydrogen) atoms. The zero-order chi connectivity index (χ0) is 15.6. The summed E-state index contributed by atoms with van der Waals surface area (Å²) in [5, 5.41) is 7.23. The molecule has 4 heteroatoms. The van der Waals surface area contributed by atoms with E-state index in [-0.39, 0.29) is 17.4 Å². The Morgan fingerprint density at radius 3 is 2.48 bits per heavy atom. The molecule has 0 aliphatic rings. The van der Waals surface area contributed by atoms with E-state index in [1.54, 1.807) is 4.68 Å². The van der Waals surface area contributed by atoms with Crippen LogP contribution in [0.15, 0.2) is 36.5 Å². The molecule has 1 N–H and O–H groups in total. The molecule has 0 saturated carbocycles. The Bertz CT molecular complexity index is 623.